The predicted molar refractivity (Wildman–Crippen MR) is 74.8 cm³/mol. The van der Waals surface area contributed by atoms with Crippen LogP contribution in [-0.2, 0) is 11.3 Å². The second kappa shape index (κ2) is 6.02. The van der Waals surface area contributed by atoms with Gasteiger partial charge in [-0.2, -0.15) is 0 Å². The number of hydrogen-bond acceptors (Lipinski definition) is 4. The van der Waals surface area contributed by atoms with Crippen molar-refractivity contribution in [1.29, 1.82) is 0 Å². The van der Waals surface area contributed by atoms with E-state index in [1.54, 1.807) is 18.2 Å². The lowest BCUT2D eigenvalue weighted by atomic mass is 10.3. The molecule has 104 valence electrons. The van der Waals surface area contributed by atoms with E-state index in [9.17, 15) is 9.59 Å². The van der Waals surface area contributed by atoms with Crippen molar-refractivity contribution in [3.8, 4) is 0 Å². The first-order valence-electron chi connectivity index (χ1n) is 5.34. The number of nitrogens with one attached hydrogen (secondary N) is 1. The first kappa shape index (κ1) is 14.5. The second-order valence-electron chi connectivity index (χ2n) is 3.77. The third-order valence-electron chi connectivity index (χ3n) is 2.25. The molecule has 20 heavy (non-hydrogen) atoms. The average Bonchev–Trinajstić information content (AvgIpc) is 2.81. The molecule has 1 aromatic heterocycles. The van der Waals surface area contributed by atoms with Gasteiger partial charge in [0.05, 0.1) is 16.9 Å². The number of carbonyl (C=O) groups is 2. The molecule has 2 rings (SSSR count). The third kappa shape index (κ3) is 3.55. The maximum atomic E-state index is 11.9. The number of amides is 1. The molecule has 2 N–H and O–H groups in total. The standard InChI is InChI=1S/C11H8BrClN4O3/c12-6-1-2-7(13)8(3-6)14-11(20)9-4-17(16-15-9)5-10(18)19/h1-4H,5H2,(H,14,20)(H,18,19). The van der Waals surface area contributed by atoms with E-state index in [0.29, 0.717) is 10.7 Å². The highest BCUT2D eigenvalue weighted by Crippen LogP contribution is 2.25. The Hall–Kier alpha value is -1.93. The Morgan fingerprint density at radius 3 is 2.90 bits per heavy atom. The van der Waals surface area contributed by atoms with Crippen LogP contribution in [0.25, 0.3) is 0 Å². The Bertz CT molecular complexity index is 673. The van der Waals surface area contributed by atoms with Gasteiger partial charge in [0.15, 0.2) is 5.69 Å². The maximum Gasteiger partial charge on any atom is 0.325 e. The van der Waals surface area contributed by atoms with Crippen LogP contribution in [0.1, 0.15) is 10.5 Å². The lowest BCUT2D eigenvalue weighted by Gasteiger charge is -2.05. The quantitative estimate of drug-likeness (QED) is 0.870. The second-order valence-corrected chi connectivity index (χ2v) is 5.10. The van der Waals surface area contributed by atoms with Crippen LogP contribution in [0.15, 0.2) is 28.9 Å². The first-order valence-corrected chi connectivity index (χ1v) is 6.51. The Kier molecular flexibility index (Phi) is 4.35. The minimum Gasteiger partial charge on any atom is -0.480 e. The highest BCUT2D eigenvalue weighted by molar-refractivity contribution is 9.10. The molecular weight excluding hydrogens is 352 g/mol. The lowest BCUT2D eigenvalue weighted by Crippen LogP contribution is -2.13. The van der Waals surface area contributed by atoms with Crippen molar-refractivity contribution in [3.63, 3.8) is 0 Å². The first-order chi connectivity index (χ1) is 9.45. The molecule has 1 aromatic carbocycles. The van der Waals surface area contributed by atoms with Crippen molar-refractivity contribution in [1.82, 2.24) is 15.0 Å². The summed E-state index contributed by atoms with van der Waals surface area (Å²) in [5.74, 6) is -1.60. The number of aromatic nitrogens is 3. The van der Waals surface area contributed by atoms with Crippen LogP contribution in [0.5, 0.6) is 0 Å². The van der Waals surface area contributed by atoms with E-state index in [2.05, 4.69) is 31.6 Å². The summed E-state index contributed by atoms with van der Waals surface area (Å²) in [5, 5.41) is 18.7. The molecule has 0 aliphatic carbocycles. The van der Waals surface area contributed by atoms with Gasteiger partial charge in [0.1, 0.15) is 6.54 Å². The fourth-order valence-electron chi connectivity index (χ4n) is 1.40. The molecule has 0 fully saturated rings. The number of anilines is 1. The zero-order valence-electron chi connectivity index (χ0n) is 9.88. The van der Waals surface area contributed by atoms with Gasteiger partial charge in [-0.25, -0.2) is 4.68 Å². The van der Waals surface area contributed by atoms with Gasteiger partial charge >= 0.3 is 5.97 Å². The van der Waals surface area contributed by atoms with Crippen molar-refractivity contribution in [3.05, 3.63) is 39.6 Å². The van der Waals surface area contributed by atoms with Gasteiger partial charge in [0.2, 0.25) is 0 Å². The molecule has 1 heterocycles. The van der Waals surface area contributed by atoms with Crippen LogP contribution < -0.4 is 5.32 Å². The summed E-state index contributed by atoms with van der Waals surface area (Å²) >= 11 is 9.21. The number of benzene rings is 1. The van der Waals surface area contributed by atoms with E-state index in [1.165, 1.54) is 6.20 Å². The van der Waals surface area contributed by atoms with Crippen molar-refractivity contribution in [2.24, 2.45) is 0 Å². The van der Waals surface area contributed by atoms with Crippen LogP contribution in [0.2, 0.25) is 5.02 Å². The van der Waals surface area contributed by atoms with E-state index in [-0.39, 0.29) is 12.2 Å². The molecular formula is C11H8BrClN4O3. The highest BCUT2D eigenvalue weighted by Gasteiger charge is 2.13. The smallest absolute Gasteiger partial charge is 0.325 e. The Morgan fingerprint density at radius 2 is 2.20 bits per heavy atom. The Morgan fingerprint density at radius 1 is 1.45 bits per heavy atom. The third-order valence-corrected chi connectivity index (χ3v) is 3.07. The zero-order valence-corrected chi connectivity index (χ0v) is 12.2. The minimum absolute atomic E-state index is 0.00212. The average molecular weight is 360 g/mol. The SMILES string of the molecule is O=C(O)Cn1cc(C(=O)Nc2cc(Br)ccc2Cl)nn1. The maximum absolute atomic E-state index is 11.9. The van der Waals surface area contributed by atoms with Crippen molar-refractivity contribution in [2.45, 2.75) is 6.54 Å². The fraction of sp³-hybridized carbons (Fsp3) is 0.0909. The molecule has 2 aromatic rings. The molecule has 1 amide bonds. The summed E-state index contributed by atoms with van der Waals surface area (Å²) in [6.45, 7) is -0.363. The fourth-order valence-corrected chi connectivity index (χ4v) is 1.92. The summed E-state index contributed by atoms with van der Waals surface area (Å²) < 4.78 is 1.81. The van der Waals surface area contributed by atoms with Gasteiger partial charge in [0.25, 0.3) is 5.91 Å². The molecule has 0 spiro atoms. The normalized spacial score (nSPS) is 10.3. The van der Waals surface area contributed by atoms with Gasteiger partial charge in [0, 0.05) is 4.47 Å². The summed E-state index contributed by atoms with van der Waals surface area (Å²) in [5.41, 5.74) is 0.418. The Balaban J connectivity index is 2.13. The number of carboxylic acid groups (broad SMARTS) is 1. The predicted octanol–water partition coefficient (Wildman–Crippen LogP) is 2.03. The van der Waals surface area contributed by atoms with Crippen molar-refractivity contribution in [2.75, 3.05) is 5.32 Å². The number of halogens is 2. The molecule has 0 unspecified atom stereocenters. The molecule has 0 saturated carbocycles. The number of carboxylic acids is 1. The summed E-state index contributed by atoms with van der Waals surface area (Å²) in [4.78, 5) is 22.4. The molecule has 9 heteroatoms. The Labute approximate surface area is 126 Å². The number of nitrogens with zero attached hydrogens (tertiary/aromatic N) is 3. The van der Waals surface area contributed by atoms with Crippen molar-refractivity contribution >= 4 is 45.1 Å². The number of hydrogen-bond donors (Lipinski definition) is 2. The van der Waals surface area contributed by atoms with Gasteiger partial charge in [-0.15, -0.1) is 5.10 Å². The van der Waals surface area contributed by atoms with Crippen LogP contribution in [0.4, 0.5) is 5.69 Å². The van der Waals surface area contributed by atoms with Crippen LogP contribution in [0, 0.1) is 0 Å². The molecule has 0 radical (unpaired) electrons. The van der Waals surface area contributed by atoms with E-state index in [1.807, 2.05) is 0 Å². The van der Waals surface area contributed by atoms with Crippen LogP contribution >= 0.6 is 27.5 Å². The number of carbonyl (C=O) groups excluding carboxylic acids is 1. The molecule has 0 atom stereocenters. The summed E-state index contributed by atoms with van der Waals surface area (Å²) in [6.07, 6.45) is 1.25. The molecule has 0 aliphatic rings. The van der Waals surface area contributed by atoms with Crippen molar-refractivity contribution < 1.29 is 14.7 Å². The van der Waals surface area contributed by atoms with E-state index in [4.69, 9.17) is 16.7 Å². The van der Waals surface area contributed by atoms with Gasteiger partial charge in [-0.3, -0.25) is 9.59 Å². The largest absolute Gasteiger partial charge is 0.480 e. The summed E-state index contributed by atoms with van der Waals surface area (Å²) in [6, 6.07) is 5.01. The lowest BCUT2D eigenvalue weighted by molar-refractivity contribution is -0.137. The van der Waals surface area contributed by atoms with Gasteiger partial charge < -0.3 is 10.4 Å². The monoisotopic (exact) mass is 358 g/mol. The molecule has 7 nitrogen and oxygen atoms in total. The highest BCUT2D eigenvalue weighted by atomic mass is 79.9. The topological polar surface area (TPSA) is 97.1 Å². The van der Waals surface area contributed by atoms with E-state index in [0.717, 1.165) is 9.15 Å². The number of aliphatic carboxylic acids is 1. The van der Waals surface area contributed by atoms with Gasteiger partial charge in [-0.05, 0) is 18.2 Å². The van der Waals surface area contributed by atoms with Crippen LogP contribution in [0.3, 0.4) is 0 Å². The minimum atomic E-state index is -1.07. The van der Waals surface area contributed by atoms with Crippen LogP contribution in [-0.4, -0.2) is 32.0 Å². The molecule has 0 aliphatic heterocycles. The van der Waals surface area contributed by atoms with E-state index < -0.39 is 11.9 Å². The van der Waals surface area contributed by atoms with Gasteiger partial charge in [-0.1, -0.05) is 32.7 Å². The summed E-state index contributed by atoms with van der Waals surface area (Å²) in [7, 11) is 0. The zero-order chi connectivity index (χ0) is 14.7. The number of rotatable bonds is 4. The van der Waals surface area contributed by atoms with E-state index >= 15 is 0 Å². The molecule has 0 bridgehead atoms. The molecule has 0 saturated heterocycles.